The standard InChI is InChI=1S/C21H28N2O8P2/c1-3-21(4-2,23-20(31-33(28)29)16-10-6-8-12-18(16)25)13-14-22-19(30-32(26)27)15-9-5-7-11-17(15)24/h5-12,19-20,22-23H,3-4,13-14H2,1-2H3,(H2-2,24,25,26,27,28,29)/p+2. The third kappa shape index (κ3) is 8.07. The second-order valence-electron chi connectivity index (χ2n) is 7.40. The lowest BCUT2D eigenvalue weighted by Crippen LogP contribution is -2.48. The average molecular weight is 500 g/mol. The Labute approximate surface area is 194 Å². The number of hydrogen-bond donors (Lipinski definition) is 6. The van der Waals surface area contributed by atoms with E-state index in [1.807, 2.05) is 13.8 Å². The summed E-state index contributed by atoms with van der Waals surface area (Å²) in [6.45, 7) is 4.19. The summed E-state index contributed by atoms with van der Waals surface area (Å²) in [6.07, 6.45) is -0.389. The van der Waals surface area contributed by atoms with Crippen molar-refractivity contribution in [1.29, 1.82) is 0 Å². The van der Waals surface area contributed by atoms with Crippen molar-refractivity contribution >= 4 is 16.5 Å². The van der Waals surface area contributed by atoms with Crippen molar-refractivity contribution in [1.82, 2.24) is 10.6 Å². The Morgan fingerprint density at radius 3 is 1.76 bits per heavy atom. The maximum atomic E-state index is 11.5. The van der Waals surface area contributed by atoms with Crippen LogP contribution in [0.15, 0.2) is 48.5 Å². The van der Waals surface area contributed by atoms with E-state index in [9.17, 15) is 29.1 Å². The molecule has 2 rings (SSSR count). The van der Waals surface area contributed by atoms with Gasteiger partial charge in [-0.15, -0.1) is 9.79 Å². The van der Waals surface area contributed by atoms with Crippen molar-refractivity contribution in [2.45, 2.75) is 51.1 Å². The summed E-state index contributed by atoms with van der Waals surface area (Å²) in [6, 6.07) is 12.7. The SMILES string of the molecule is CCC(CC)(CCNC(O[P+](=O)O)c1ccccc1O)NC(O[P+](=O)O)c1ccccc1O. The minimum Gasteiger partial charge on any atom is -0.508 e. The van der Waals surface area contributed by atoms with Gasteiger partial charge in [-0.1, -0.05) is 59.3 Å². The van der Waals surface area contributed by atoms with Crippen LogP contribution in [0.4, 0.5) is 0 Å². The summed E-state index contributed by atoms with van der Waals surface area (Å²) in [5, 5.41) is 26.6. The van der Waals surface area contributed by atoms with E-state index >= 15 is 0 Å². The summed E-state index contributed by atoms with van der Waals surface area (Å²) >= 11 is 0. The van der Waals surface area contributed by atoms with Crippen LogP contribution in [-0.4, -0.2) is 32.1 Å². The molecule has 4 unspecified atom stereocenters. The van der Waals surface area contributed by atoms with Crippen LogP contribution in [0.25, 0.3) is 0 Å². The normalized spacial score (nSPS) is 14.5. The van der Waals surface area contributed by atoms with Crippen molar-refractivity contribution in [2.75, 3.05) is 6.54 Å². The summed E-state index contributed by atoms with van der Waals surface area (Å²) < 4.78 is 33.0. The van der Waals surface area contributed by atoms with Crippen LogP contribution in [-0.2, 0) is 18.2 Å². The number of phenols is 2. The molecule has 0 aliphatic carbocycles. The monoisotopic (exact) mass is 500 g/mol. The smallest absolute Gasteiger partial charge is 0.508 e. The Bertz CT molecular complexity index is 942. The van der Waals surface area contributed by atoms with Crippen LogP contribution in [0.3, 0.4) is 0 Å². The molecular weight excluding hydrogens is 470 g/mol. The summed E-state index contributed by atoms with van der Waals surface area (Å²) in [7, 11) is -5.89. The Morgan fingerprint density at radius 2 is 1.30 bits per heavy atom. The molecule has 0 fully saturated rings. The molecule has 12 heteroatoms. The van der Waals surface area contributed by atoms with Crippen molar-refractivity contribution < 1.29 is 38.2 Å². The van der Waals surface area contributed by atoms with Crippen molar-refractivity contribution in [3.05, 3.63) is 59.7 Å². The van der Waals surface area contributed by atoms with Crippen LogP contribution in [0.5, 0.6) is 11.5 Å². The van der Waals surface area contributed by atoms with Gasteiger partial charge in [0, 0.05) is 25.8 Å². The number of nitrogens with one attached hydrogen (secondary N) is 2. The Hall–Kier alpha value is -2.00. The molecule has 0 aliphatic rings. The van der Waals surface area contributed by atoms with Crippen molar-refractivity contribution in [3.8, 4) is 11.5 Å². The van der Waals surface area contributed by atoms with Gasteiger partial charge in [-0.2, -0.15) is 0 Å². The van der Waals surface area contributed by atoms with Gasteiger partial charge in [0.15, 0.2) is 12.5 Å². The largest absolute Gasteiger partial charge is 0.696 e. The van der Waals surface area contributed by atoms with E-state index in [0.717, 1.165) is 0 Å². The molecule has 0 saturated carbocycles. The molecule has 0 aromatic heterocycles. The highest BCUT2D eigenvalue weighted by Gasteiger charge is 2.36. The molecule has 0 amide bonds. The van der Waals surface area contributed by atoms with Gasteiger partial charge in [-0.3, -0.25) is 10.6 Å². The molecule has 0 bridgehead atoms. The first-order valence-electron chi connectivity index (χ1n) is 10.4. The molecule has 2 aromatic rings. The van der Waals surface area contributed by atoms with Crippen molar-refractivity contribution in [2.24, 2.45) is 0 Å². The van der Waals surface area contributed by atoms with Gasteiger partial charge < -0.3 is 10.2 Å². The first-order chi connectivity index (χ1) is 15.7. The first kappa shape index (κ1) is 27.2. The molecule has 0 saturated heterocycles. The fourth-order valence-corrected chi connectivity index (χ4v) is 4.28. The number of benzene rings is 2. The first-order valence-corrected chi connectivity index (χ1v) is 12.7. The van der Waals surface area contributed by atoms with Crippen LogP contribution in [0, 0.1) is 0 Å². The van der Waals surface area contributed by atoms with Crippen LogP contribution >= 0.6 is 16.5 Å². The predicted molar refractivity (Wildman–Crippen MR) is 123 cm³/mol. The predicted octanol–water partition coefficient (Wildman–Crippen LogP) is 4.26. The lowest BCUT2D eigenvalue weighted by Gasteiger charge is -2.36. The van der Waals surface area contributed by atoms with Crippen LogP contribution in [0.1, 0.15) is 56.7 Å². The molecule has 4 atom stereocenters. The molecule has 0 spiro atoms. The number of aromatic hydroxyl groups is 2. The van der Waals surface area contributed by atoms with Crippen LogP contribution < -0.4 is 10.6 Å². The van der Waals surface area contributed by atoms with E-state index in [0.29, 0.717) is 36.9 Å². The average Bonchev–Trinajstić information content (AvgIpc) is 2.77. The van der Waals surface area contributed by atoms with Gasteiger partial charge in [0.05, 0.1) is 0 Å². The molecule has 6 N–H and O–H groups in total. The molecule has 0 heterocycles. The zero-order chi connectivity index (χ0) is 24.4. The van der Waals surface area contributed by atoms with Gasteiger partial charge in [0.2, 0.25) is 0 Å². The quantitative estimate of drug-likeness (QED) is 0.164. The Balaban J connectivity index is 2.19. The zero-order valence-corrected chi connectivity index (χ0v) is 20.2. The summed E-state index contributed by atoms with van der Waals surface area (Å²) in [5.74, 6) is -0.159. The summed E-state index contributed by atoms with van der Waals surface area (Å²) in [4.78, 5) is 18.6. The lowest BCUT2D eigenvalue weighted by molar-refractivity contribution is 0.0915. The second-order valence-corrected chi connectivity index (χ2v) is 8.77. The maximum Gasteiger partial charge on any atom is 0.696 e. The highest BCUT2D eigenvalue weighted by atomic mass is 31.1. The summed E-state index contributed by atoms with van der Waals surface area (Å²) in [5.41, 5.74) is 0.0479. The number of phenolic OH excluding ortho intramolecular Hbond substituents is 2. The lowest BCUT2D eigenvalue weighted by atomic mass is 9.88. The molecule has 0 aliphatic heterocycles. The molecule has 180 valence electrons. The highest BCUT2D eigenvalue weighted by molar-refractivity contribution is 7.32. The Morgan fingerprint density at radius 1 is 0.848 bits per heavy atom. The minimum absolute atomic E-state index is 0.0779. The number of rotatable bonds is 14. The fraction of sp³-hybridized carbons (Fsp3) is 0.429. The van der Waals surface area contributed by atoms with E-state index in [4.69, 9.17) is 9.05 Å². The van der Waals surface area contributed by atoms with Gasteiger partial charge in [0.25, 0.3) is 0 Å². The minimum atomic E-state index is -2.95. The number of hydrogen-bond acceptors (Lipinski definition) is 8. The third-order valence-electron chi connectivity index (χ3n) is 5.55. The molecular formula is C21H30N2O8P2+2. The molecule has 0 radical (unpaired) electrons. The fourth-order valence-electron chi connectivity index (χ4n) is 3.56. The Kier molecular flexibility index (Phi) is 10.8. The van der Waals surface area contributed by atoms with Gasteiger partial charge in [0.1, 0.15) is 11.5 Å². The van der Waals surface area contributed by atoms with Gasteiger partial charge in [-0.05, 0) is 37.9 Å². The van der Waals surface area contributed by atoms with Crippen LogP contribution in [0.2, 0.25) is 0 Å². The zero-order valence-electron chi connectivity index (χ0n) is 18.4. The van der Waals surface area contributed by atoms with E-state index in [1.54, 1.807) is 36.4 Å². The molecule has 2 aromatic carbocycles. The van der Waals surface area contributed by atoms with Gasteiger partial charge in [-0.25, -0.2) is 0 Å². The second kappa shape index (κ2) is 13.0. The van der Waals surface area contributed by atoms with E-state index < -0.39 is 34.5 Å². The topological polar surface area (TPSA) is 158 Å². The van der Waals surface area contributed by atoms with E-state index in [1.165, 1.54) is 12.1 Å². The van der Waals surface area contributed by atoms with Crippen molar-refractivity contribution in [3.63, 3.8) is 0 Å². The third-order valence-corrected chi connectivity index (χ3v) is 6.34. The molecule has 10 nitrogen and oxygen atoms in total. The van der Waals surface area contributed by atoms with E-state index in [2.05, 4.69) is 10.6 Å². The number of para-hydroxylation sites is 2. The van der Waals surface area contributed by atoms with E-state index in [-0.39, 0.29) is 11.5 Å². The highest BCUT2D eigenvalue weighted by Crippen LogP contribution is 2.36. The molecule has 33 heavy (non-hydrogen) atoms. The maximum absolute atomic E-state index is 11.5. The van der Waals surface area contributed by atoms with Gasteiger partial charge >= 0.3 is 16.5 Å².